The number of hydrogen-bond donors (Lipinski definition) is 2. The number of para-hydroxylation sites is 1. The molecule has 3 heteroatoms. The van der Waals surface area contributed by atoms with Crippen molar-refractivity contribution in [3.05, 3.63) is 53.6 Å². The van der Waals surface area contributed by atoms with Gasteiger partial charge in [0.05, 0.1) is 0 Å². The van der Waals surface area contributed by atoms with Gasteiger partial charge in [-0.25, -0.2) is 0 Å². The van der Waals surface area contributed by atoms with E-state index in [-0.39, 0.29) is 17.2 Å². The lowest BCUT2D eigenvalue weighted by Crippen LogP contribution is -1.98. The van der Waals surface area contributed by atoms with Gasteiger partial charge in [0.15, 0.2) is 11.5 Å². The third kappa shape index (κ3) is 2.50. The highest BCUT2D eigenvalue weighted by atomic mass is 16.5. The van der Waals surface area contributed by atoms with Crippen molar-refractivity contribution in [2.45, 2.75) is 13.5 Å². The van der Waals surface area contributed by atoms with Crippen LogP contribution in [0.2, 0.25) is 0 Å². The van der Waals surface area contributed by atoms with Crippen LogP contribution in [0.1, 0.15) is 11.1 Å². The van der Waals surface area contributed by atoms with Crippen molar-refractivity contribution in [2.24, 2.45) is 0 Å². The molecule has 0 aliphatic rings. The normalized spacial score (nSPS) is 10.2. The summed E-state index contributed by atoms with van der Waals surface area (Å²) >= 11 is 0. The summed E-state index contributed by atoms with van der Waals surface area (Å²) < 4.78 is 5.43. The highest BCUT2D eigenvalue weighted by Crippen LogP contribution is 2.35. The third-order valence-electron chi connectivity index (χ3n) is 2.61. The highest BCUT2D eigenvalue weighted by Gasteiger charge is 2.08. The molecule has 0 aromatic heterocycles. The molecule has 0 heterocycles. The van der Waals surface area contributed by atoms with Crippen LogP contribution in [0.15, 0.2) is 42.5 Å². The number of aromatic hydroxyl groups is 2. The van der Waals surface area contributed by atoms with Gasteiger partial charge < -0.3 is 14.9 Å². The zero-order valence-electron chi connectivity index (χ0n) is 9.55. The van der Waals surface area contributed by atoms with E-state index in [0.717, 1.165) is 11.1 Å². The van der Waals surface area contributed by atoms with Crippen LogP contribution < -0.4 is 4.74 Å². The monoisotopic (exact) mass is 230 g/mol. The number of hydrogen-bond acceptors (Lipinski definition) is 3. The van der Waals surface area contributed by atoms with Gasteiger partial charge in [-0.15, -0.1) is 0 Å². The van der Waals surface area contributed by atoms with Gasteiger partial charge in [0.1, 0.15) is 6.61 Å². The Labute approximate surface area is 99.9 Å². The number of aryl methyl sites for hydroxylation is 1. The summed E-state index contributed by atoms with van der Waals surface area (Å²) in [7, 11) is 0. The lowest BCUT2D eigenvalue weighted by Gasteiger charge is -2.11. The fourth-order valence-corrected chi connectivity index (χ4v) is 1.58. The first-order chi connectivity index (χ1) is 8.18. The van der Waals surface area contributed by atoms with Crippen LogP contribution >= 0.6 is 0 Å². The van der Waals surface area contributed by atoms with Crippen molar-refractivity contribution >= 4 is 0 Å². The van der Waals surface area contributed by atoms with Crippen LogP contribution in [0, 0.1) is 6.92 Å². The smallest absolute Gasteiger partial charge is 0.203 e. The summed E-state index contributed by atoms with van der Waals surface area (Å²) in [6.07, 6.45) is 0. The second kappa shape index (κ2) is 4.78. The molecule has 88 valence electrons. The standard InChI is InChI=1S/C14H14O3/c1-10-5-2-3-6-11(10)9-17-14-12(15)7-4-8-13(14)16/h2-8,15-16H,9H2,1H3. The van der Waals surface area contributed by atoms with Crippen LogP contribution in [0.5, 0.6) is 17.2 Å². The third-order valence-corrected chi connectivity index (χ3v) is 2.61. The summed E-state index contributed by atoms with van der Waals surface area (Å²) in [4.78, 5) is 0. The lowest BCUT2D eigenvalue weighted by molar-refractivity contribution is 0.272. The molecule has 0 aliphatic carbocycles. The van der Waals surface area contributed by atoms with Crippen molar-refractivity contribution in [1.82, 2.24) is 0 Å². The molecule has 0 fully saturated rings. The van der Waals surface area contributed by atoms with Crippen molar-refractivity contribution in [3.63, 3.8) is 0 Å². The molecule has 3 nitrogen and oxygen atoms in total. The fraction of sp³-hybridized carbons (Fsp3) is 0.143. The Morgan fingerprint density at radius 3 is 2.24 bits per heavy atom. The van der Waals surface area contributed by atoms with Gasteiger partial charge in [0.2, 0.25) is 5.75 Å². The predicted molar refractivity (Wildman–Crippen MR) is 65.3 cm³/mol. The Bertz CT molecular complexity index is 500. The van der Waals surface area contributed by atoms with Gasteiger partial charge in [0, 0.05) is 0 Å². The van der Waals surface area contributed by atoms with E-state index in [1.807, 2.05) is 31.2 Å². The lowest BCUT2D eigenvalue weighted by atomic mass is 10.1. The second-order valence-electron chi connectivity index (χ2n) is 3.84. The Morgan fingerprint density at radius 2 is 1.59 bits per heavy atom. The van der Waals surface area contributed by atoms with E-state index in [2.05, 4.69) is 0 Å². The first kappa shape index (κ1) is 11.3. The van der Waals surface area contributed by atoms with E-state index >= 15 is 0 Å². The van der Waals surface area contributed by atoms with E-state index in [4.69, 9.17) is 4.74 Å². The summed E-state index contributed by atoms with van der Waals surface area (Å²) in [6.45, 7) is 2.31. The molecule has 2 aromatic rings. The topological polar surface area (TPSA) is 49.7 Å². The molecule has 0 bridgehead atoms. The van der Waals surface area contributed by atoms with Gasteiger partial charge >= 0.3 is 0 Å². The van der Waals surface area contributed by atoms with E-state index in [0.29, 0.717) is 6.61 Å². The molecule has 0 saturated heterocycles. The SMILES string of the molecule is Cc1ccccc1COc1c(O)cccc1O. The van der Waals surface area contributed by atoms with Gasteiger partial charge in [-0.3, -0.25) is 0 Å². The molecule has 0 atom stereocenters. The predicted octanol–water partition coefficient (Wildman–Crippen LogP) is 2.99. The number of ether oxygens (including phenoxy) is 1. The van der Waals surface area contributed by atoms with Gasteiger partial charge in [0.25, 0.3) is 0 Å². The van der Waals surface area contributed by atoms with Crippen molar-refractivity contribution in [3.8, 4) is 17.2 Å². The van der Waals surface area contributed by atoms with Crippen LogP contribution in [0.25, 0.3) is 0 Å². The molecule has 0 radical (unpaired) electrons. The van der Waals surface area contributed by atoms with E-state index < -0.39 is 0 Å². The maximum atomic E-state index is 9.55. The minimum Gasteiger partial charge on any atom is -0.504 e. The molecule has 2 rings (SSSR count). The Balaban J connectivity index is 2.16. The summed E-state index contributed by atoms with van der Waals surface area (Å²) in [5.41, 5.74) is 2.14. The van der Waals surface area contributed by atoms with Gasteiger partial charge in [-0.1, -0.05) is 30.3 Å². The quantitative estimate of drug-likeness (QED) is 0.852. The largest absolute Gasteiger partial charge is 0.504 e. The average Bonchev–Trinajstić information content (AvgIpc) is 2.30. The zero-order chi connectivity index (χ0) is 12.3. The number of phenolic OH excluding ortho intramolecular Hbond substituents is 2. The molecule has 0 unspecified atom stereocenters. The summed E-state index contributed by atoms with van der Waals surface area (Å²) in [6, 6.07) is 12.3. The highest BCUT2D eigenvalue weighted by molar-refractivity contribution is 5.49. The Hall–Kier alpha value is -2.16. The van der Waals surface area contributed by atoms with E-state index in [1.165, 1.54) is 12.1 Å². The van der Waals surface area contributed by atoms with E-state index in [9.17, 15) is 10.2 Å². The molecule has 2 aromatic carbocycles. The number of rotatable bonds is 3. The van der Waals surface area contributed by atoms with Crippen LogP contribution in [0.4, 0.5) is 0 Å². The molecule has 2 N–H and O–H groups in total. The van der Waals surface area contributed by atoms with Gasteiger partial charge in [-0.2, -0.15) is 0 Å². The Kier molecular flexibility index (Phi) is 3.19. The molecule has 0 amide bonds. The van der Waals surface area contributed by atoms with Crippen LogP contribution in [-0.4, -0.2) is 10.2 Å². The fourth-order valence-electron chi connectivity index (χ4n) is 1.58. The number of phenols is 2. The van der Waals surface area contributed by atoms with Crippen molar-refractivity contribution in [1.29, 1.82) is 0 Å². The van der Waals surface area contributed by atoms with Crippen LogP contribution in [-0.2, 0) is 6.61 Å². The first-order valence-corrected chi connectivity index (χ1v) is 5.36. The summed E-state index contributed by atoms with van der Waals surface area (Å²) in [5, 5.41) is 19.1. The molecule has 17 heavy (non-hydrogen) atoms. The molecule has 0 spiro atoms. The molecular weight excluding hydrogens is 216 g/mol. The maximum Gasteiger partial charge on any atom is 0.203 e. The Morgan fingerprint density at radius 1 is 0.941 bits per heavy atom. The minimum atomic E-state index is -0.0569. The number of benzene rings is 2. The van der Waals surface area contributed by atoms with Gasteiger partial charge in [-0.05, 0) is 30.2 Å². The zero-order valence-corrected chi connectivity index (χ0v) is 9.55. The maximum absolute atomic E-state index is 9.55. The molecule has 0 saturated carbocycles. The minimum absolute atomic E-state index is 0.0569. The van der Waals surface area contributed by atoms with E-state index in [1.54, 1.807) is 6.07 Å². The summed E-state index contributed by atoms with van der Waals surface area (Å²) in [5.74, 6) is 0.00733. The van der Waals surface area contributed by atoms with Crippen molar-refractivity contribution < 1.29 is 14.9 Å². The van der Waals surface area contributed by atoms with Crippen LogP contribution in [0.3, 0.4) is 0 Å². The average molecular weight is 230 g/mol. The molecular formula is C14H14O3. The molecule has 0 aliphatic heterocycles. The van der Waals surface area contributed by atoms with Crippen molar-refractivity contribution in [2.75, 3.05) is 0 Å². The second-order valence-corrected chi connectivity index (χ2v) is 3.84. The first-order valence-electron chi connectivity index (χ1n) is 5.36.